The number of hydrogen-bond donors (Lipinski definition) is 7. The summed E-state index contributed by atoms with van der Waals surface area (Å²) in [5.74, 6) is 1.07. The van der Waals surface area contributed by atoms with Gasteiger partial charge in [-0.2, -0.15) is 0 Å². The summed E-state index contributed by atoms with van der Waals surface area (Å²) in [6, 6.07) is -0.333. The maximum Gasteiger partial charge on any atom is 0.155 e. The minimum atomic E-state index is -0.307. The first-order chi connectivity index (χ1) is 26.8. The molecule has 4 atom stereocenters. The molecule has 0 aliphatic heterocycles. The summed E-state index contributed by atoms with van der Waals surface area (Å²) < 4.78 is 0. The van der Waals surface area contributed by atoms with E-state index in [0.29, 0.717) is 31.8 Å². The van der Waals surface area contributed by atoms with Crippen LogP contribution in [0.25, 0.3) is 0 Å². The van der Waals surface area contributed by atoms with Crippen LogP contribution in [0.3, 0.4) is 0 Å². The van der Waals surface area contributed by atoms with Gasteiger partial charge in [0.25, 0.3) is 0 Å². The number of rotatable bonds is 17. The minimum absolute atomic E-state index is 0.000324. The van der Waals surface area contributed by atoms with Gasteiger partial charge in [0.05, 0.1) is 24.2 Å². The van der Waals surface area contributed by atoms with Crippen molar-refractivity contribution in [1.82, 2.24) is 21.3 Å². The molecule has 0 radical (unpaired) electrons. The molecule has 0 rings (SSSR count). The average Bonchev–Trinajstić information content (AvgIpc) is 3.01. The van der Waals surface area contributed by atoms with Gasteiger partial charge in [-0.25, -0.2) is 0 Å². The molecule has 0 amide bonds. The zero-order chi connectivity index (χ0) is 49.8. The number of carbonyl (C=O) groups is 4. The van der Waals surface area contributed by atoms with Crippen molar-refractivity contribution in [2.75, 3.05) is 19.6 Å². The van der Waals surface area contributed by atoms with Crippen LogP contribution < -0.4 is 38.5 Å². The molecule has 11 heteroatoms. The van der Waals surface area contributed by atoms with Crippen molar-refractivity contribution in [2.45, 2.75) is 258 Å². The Morgan fingerprint density at radius 1 is 0.344 bits per heavy atom. The predicted molar refractivity (Wildman–Crippen MR) is 265 cm³/mol. The van der Waals surface area contributed by atoms with E-state index in [4.69, 9.17) is 17.2 Å². The lowest BCUT2D eigenvalue weighted by molar-refractivity contribution is -0.129. The number of nitrogens with one attached hydrogen (secondary N) is 4. The summed E-state index contributed by atoms with van der Waals surface area (Å²) in [4.78, 5) is 48.5. The van der Waals surface area contributed by atoms with Crippen molar-refractivity contribution >= 4 is 23.1 Å². The van der Waals surface area contributed by atoms with Crippen LogP contribution in [-0.2, 0) is 19.2 Å². The van der Waals surface area contributed by atoms with Crippen molar-refractivity contribution in [2.24, 2.45) is 38.9 Å². The van der Waals surface area contributed by atoms with Gasteiger partial charge in [0.2, 0.25) is 0 Å². The molecule has 0 fully saturated rings. The number of Topliss-reactive ketones (excluding diaryl/α,β-unsaturated/α-hetero) is 4. The molecule has 0 heterocycles. The molecule has 0 unspecified atom stereocenters. The summed E-state index contributed by atoms with van der Waals surface area (Å²) >= 11 is 0. The van der Waals surface area contributed by atoms with Gasteiger partial charge in [-0.15, -0.1) is 0 Å². The number of ketones is 4. The number of carbonyl (C=O) groups excluding carboxylic acids is 4. The summed E-state index contributed by atoms with van der Waals surface area (Å²) in [6.45, 7) is 52.3. The zero-order valence-electron chi connectivity index (χ0n) is 45.0. The fraction of sp³-hybridized carbons (Fsp3) is 0.920. The Morgan fingerprint density at radius 2 is 0.590 bits per heavy atom. The van der Waals surface area contributed by atoms with Crippen LogP contribution in [-0.4, -0.2) is 89.1 Å². The van der Waals surface area contributed by atoms with E-state index in [9.17, 15) is 19.2 Å². The molecule has 0 aromatic heterocycles. The van der Waals surface area contributed by atoms with Crippen LogP contribution in [0, 0.1) is 21.7 Å². The highest BCUT2D eigenvalue weighted by Crippen LogP contribution is 2.23. The Morgan fingerprint density at radius 3 is 0.803 bits per heavy atom. The highest BCUT2D eigenvalue weighted by atomic mass is 16.1. The molecule has 0 saturated heterocycles. The van der Waals surface area contributed by atoms with Gasteiger partial charge in [0.1, 0.15) is 0 Å². The molecule has 0 aromatic rings. The van der Waals surface area contributed by atoms with Gasteiger partial charge in [-0.3, -0.25) is 19.2 Å². The third-order valence-corrected chi connectivity index (χ3v) is 8.87. The molecular formula is C50H107N7O4. The summed E-state index contributed by atoms with van der Waals surface area (Å²) in [7, 11) is 0. The Balaban J connectivity index is -0.000000357. The van der Waals surface area contributed by atoms with Crippen molar-refractivity contribution in [3.8, 4) is 0 Å². The first-order valence-electron chi connectivity index (χ1n) is 23.2. The SMILES string of the molecule is CC(C)(C)N[C@@H](CCCCN)C(=O)C(C)(C)C.CC(C)(C)N[C@@H](CCCN)C(=O)C(C)(C)C.CC(C)(C)N[C@@H](CCN)C(=O)C(C)(C)C.C[C@H](NC(C)(C)C)C(=O)C(C)(C)C. The van der Waals surface area contributed by atoms with E-state index >= 15 is 0 Å². The largest absolute Gasteiger partial charge is 0.330 e. The van der Waals surface area contributed by atoms with Crippen LogP contribution in [0.4, 0.5) is 0 Å². The van der Waals surface area contributed by atoms with Gasteiger partial charge in [-0.05, 0) is 142 Å². The zero-order valence-corrected chi connectivity index (χ0v) is 45.0. The van der Waals surface area contributed by atoms with E-state index in [1.807, 2.05) is 90.0 Å². The minimum Gasteiger partial charge on any atom is -0.330 e. The normalized spacial score (nSPS) is 15.1. The highest BCUT2D eigenvalue weighted by molar-refractivity contribution is 5.90. The maximum atomic E-state index is 12.3. The van der Waals surface area contributed by atoms with Gasteiger partial charge in [0, 0.05) is 43.8 Å². The van der Waals surface area contributed by atoms with E-state index in [1.54, 1.807) is 0 Å². The van der Waals surface area contributed by atoms with Crippen LogP contribution in [0.2, 0.25) is 0 Å². The Kier molecular flexibility index (Phi) is 29.9. The molecule has 0 aromatic carbocycles. The van der Waals surface area contributed by atoms with E-state index in [2.05, 4.69) is 104 Å². The van der Waals surface area contributed by atoms with E-state index in [1.165, 1.54) is 0 Å². The predicted octanol–water partition coefficient (Wildman–Crippen LogP) is 8.67. The average molecular weight is 870 g/mol. The lowest BCUT2D eigenvalue weighted by Gasteiger charge is -2.31. The van der Waals surface area contributed by atoms with Crippen LogP contribution in [0.1, 0.15) is 212 Å². The van der Waals surface area contributed by atoms with Crippen molar-refractivity contribution in [3.05, 3.63) is 0 Å². The number of nitrogens with two attached hydrogens (primary N) is 3. The summed E-state index contributed by atoms with van der Waals surface area (Å²) in [6.07, 6.45) is 5.28. The molecule has 0 bridgehead atoms. The van der Waals surface area contributed by atoms with E-state index in [-0.39, 0.29) is 85.3 Å². The standard InChI is InChI=1S/C14H30N2O.C13H28N2O.C12H26N2O.C11H23NO/c1-13(2,3)12(17)11(9-7-8-10-15)16-14(4,5)6;1-12(2,3)11(16)10(8-7-9-14)15-13(4,5)6;1-11(2,3)10(15)9(7-8-13)14-12(4,5)6;1-8(12-11(5,6)7)9(13)10(2,3)4/h11,16H,7-10,15H2,1-6H3;10,15H,7-9,14H2,1-6H3;9,14H,7-8,13H2,1-6H3;8,12H,1-7H3/t11-;10-;9-;8-/m0000/s1. The van der Waals surface area contributed by atoms with Crippen LogP contribution in [0.5, 0.6) is 0 Å². The molecule has 0 aliphatic carbocycles. The molecule has 0 aliphatic rings. The van der Waals surface area contributed by atoms with E-state index < -0.39 is 0 Å². The lowest BCUT2D eigenvalue weighted by atomic mass is 9.84. The fourth-order valence-electron chi connectivity index (χ4n) is 6.29. The van der Waals surface area contributed by atoms with Gasteiger partial charge < -0.3 is 38.5 Å². The fourth-order valence-corrected chi connectivity index (χ4v) is 6.29. The maximum absolute atomic E-state index is 12.3. The molecule has 61 heavy (non-hydrogen) atoms. The summed E-state index contributed by atoms with van der Waals surface area (Å²) in [5, 5.41) is 13.4. The third-order valence-electron chi connectivity index (χ3n) is 8.87. The molecule has 366 valence electrons. The first kappa shape index (κ1) is 66.0. The smallest absolute Gasteiger partial charge is 0.155 e. The Bertz CT molecular complexity index is 1240. The topological polar surface area (TPSA) is 194 Å². The lowest BCUT2D eigenvalue weighted by Crippen LogP contribution is -2.51. The summed E-state index contributed by atoms with van der Waals surface area (Å²) in [5.41, 5.74) is 15.3. The Labute approximate surface area is 379 Å². The van der Waals surface area contributed by atoms with Gasteiger partial charge >= 0.3 is 0 Å². The van der Waals surface area contributed by atoms with Crippen LogP contribution in [0.15, 0.2) is 0 Å². The molecule has 0 saturated carbocycles. The molecule has 10 N–H and O–H groups in total. The molecule has 11 nitrogen and oxygen atoms in total. The highest BCUT2D eigenvalue weighted by Gasteiger charge is 2.34. The number of unbranched alkanes of at least 4 members (excludes halogenated alkanes) is 1. The van der Waals surface area contributed by atoms with E-state index in [0.717, 1.165) is 32.1 Å². The third kappa shape index (κ3) is 37.5. The van der Waals surface area contributed by atoms with Crippen molar-refractivity contribution in [3.63, 3.8) is 0 Å². The monoisotopic (exact) mass is 870 g/mol. The van der Waals surface area contributed by atoms with Crippen LogP contribution >= 0.6 is 0 Å². The van der Waals surface area contributed by atoms with Gasteiger partial charge in [-0.1, -0.05) is 89.5 Å². The Hall–Kier alpha value is -1.60. The quantitative estimate of drug-likeness (QED) is 0.0692. The molecule has 0 spiro atoms. The second kappa shape index (κ2) is 27.7. The van der Waals surface area contributed by atoms with Crippen molar-refractivity contribution < 1.29 is 19.2 Å². The van der Waals surface area contributed by atoms with Crippen molar-refractivity contribution in [1.29, 1.82) is 0 Å². The number of hydrogen-bond acceptors (Lipinski definition) is 11. The molecular weight excluding hydrogens is 763 g/mol. The first-order valence-corrected chi connectivity index (χ1v) is 23.2. The second-order valence-electron chi connectivity index (χ2n) is 25.2. The second-order valence-corrected chi connectivity index (χ2v) is 25.2. The van der Waals surface area contributed by atoms with Gasteiger partial charge in [0.15, 0.2) is 23.1 Å².